The Labute approximate surface area is 153 Å². The molecule has 0 aliphatic carbocycles. The molecule has 0 spiro atoms. The van der Waals surface area contributed by atoms with Crippen LogP contribution in [0, 0.1) is 0 Å². The van der Waals surface area contributed by atoms with Crippen molar-refractivity contribution in [2.75, 3.05) is 46.5 Å². The summed E-state index contributed by atoms with van der Waals surface area (Å²) in [6, 6.07) is 9.33. The molecule has 3 rings (SSSR count). The average molecular weight is 359 g/mol. The van der Waals surface area contributed by atoms with E-state index < -0.39 is 0 Å². The van der Waals surface area contributed by atoms with Crippen LogP contribution in [-0.4, -0.2) is 62.5 Å². The highest BCUT2D eigenvalue weighted by atomic mass is 16.5. The van der Waals surface area contributed by atoms with Crippen LogP contribution in [0.15, 0.2) is 34.9 Å². The topological polar surface area (TPSA) is 76.8 Å². The zero-order chi connectivity index (χ0) is 18.2. The van der Waals surface area contributed by atoms with Gasteiger partial charge in [-0.2, -0.15) is 0 Å². The maximum Gasteiger partial charge on any atom is 0.226 e. The molecule has 1 amide bonds. The van der Waals surface area contributed by atoms with Gasteiger partial charge in [-0.1, -0.05) is 17.3 Å². The maximum atomic E-state index is 12.1. The van der Waals surface area contributed by atoms with Gasteiger partial charge in [-0.05, 0) is 25.1 Å². The molecule has 7 heteroatoms. The fourth-order valence-corrected chi connectivity index (χ4v) is 2.89. The molecule has 0 bridgehead atoms. The van der Waals surface area contributed by atoms with Gasteiger partial charge in [0, 0.05) is 31.3 Å². The van der Waals surface area contributed by atoms with Gasteiger partial charge in [0.25, 0.3) is 0 Å². The van der Waals surface area contributed by atoms with Gasteiger partial charge >= 0.3 is 0 Å². The minimum absolute atomic E-state index is 0.0440. The number of benzene rings is 1. The van der Waals surface area contributed by atoms with E-state index in [9.17, 15) is 4.79 Å². The first kappa shape index (κ1) is 18.4. The van der Waals surface area contributed by atoms with Crippen molar-refractivity contribution in [1.29, 1.82) is 0 Å². The number of morpholine rings is 1. The molecule has 2 aromatic rings. The molecule has 0 atom stereocenters. The smallest absolute Gasteiger partial charge is 0.226 e. The summed E-state index contributed by atoms with van der Waals surface area (Å²) in [6.07, 6.45) is 1.14. The van der Waals surface area contributed by atoms with Crippen LogP contribution in [0.4, 0.5) is 0 Å². The van der Waals surface area contributed by atoms with Crippen molar-refractivity contribution in [1.82, 2.24) is 15.4 Å². The molecule has 1 saturated heterocycles. The molecule has 7 nitrogen and oxygen atoms in total. The molecule has 1 aliphatic heterocycles. The van der Waals surface area contributed by atoms with E-state index in [4.69, 9.17) is 14.0 Å². The molecule has 1 fully saturated rings. The summed E-state index contributed by atoms with van der Waals surface area (Å²) < 4.78 is 15.9. The fraction of sp³-hybridized carbons (Fsp3) is 0.474. The van der Waals surface area contributed by atoms with Gasteiger partial charge in [0.15, 0.2) is 5.76 Å². The van der Waals surface area contributed by atoms with Gasteiger partial charge in [-0.3, -0.25) is 9.69 Å². The Morgan fingerprint density at radius 2 is 2.15 bits per heavy atom. The van der Waals surface area contributed by atoms with E-state index in [0.717, 1.165) is 50.6 Å². The lowest BCUT2D eigenvalue weighted by Crippen LogP contribution is -2.38. The van der Waals surface area contributed by atoms with Crippen LogP contribution in [-0.2, 0) is 16.0 Å². The molecule has 1 aromatic heterocycles. The van der Waals surface area contributed by atoms with Crippen LogP contribution in [0.1, 0.15) is 12.1 Å². The Kier molecular flexibility index (Phi) is 6.62. The Hall–Kier alpha value is -2.38. The number of hydrogen-bond donors (Lipinski definition) is 1. The Morgan fingerprint density at radius 3 is 2.96 bits per heavy atom. The molecule has 0 radical (unpaired) electrons. The minimum atomic E-state index is -0.0440. The predicted octanol–water partition coefficient (Wildman–Crippen LogP) is 1.73. The number of hydrogen-bond acceptors (Lipinski definition) is 6. The number of carbonyl (C=O) groups is 1. The van der Waals surface area contributed by atoms with Crippen LogP contribution in [0.25, 0.3) is 11.3 Å². The third kappa shape index (κ3) is 5.31. The molecule has 1 aromatic carbocycles. The molecule has 1 N–H and O–H groups in total. The van der Waals surface area contributed by atoms with E-state index in [1.165, 1.54) is 0 Å². The normalized spacial score (nSPS) is 15.0. The van der Waals surface area contributed by atoms with Crippen LogP contribution in [0.3, 0.4) is 0 Å². The molecular formula is C19H25N3O4. The van der Waals surface area contributed by atoms with Crippen molar-refractivity contribution >= 4 is 5.91 Å². The van der Waals surface area contributed by atoms with Crippen LogP contribution in [0.5, 0.6) is 5.75 Å². The molecule has 0 unspecified atom stereocenters. The first-order valence-electron chi connectivity index (χ1n) is 8.91. The zero-order valence-electron chi connectivity index (χ0n) is 15.1. The van der Waals surface area contributed by atoms with E-state index in [2.05, 4.69) is 15.4 Å². The lowest BCUT2D eigenvalue weighted by atomic mass is 10.1. The number of amides is 1. The Balaban J connectivity index is 1.42. The van der Waals surface area contributed by atoms with Crippen molar-refractivity contribution in [3.8, 4) is 17.1 Å². The number of nitrogens with zero attached hydrogens (tertiary/aromatic N) is 2. The van der Waals surface area contributed by atoms with Gasteiger partial charge in [0.1, 0.15) is 5.75 Å². The second-order valence-electron chi connectivity index (χ2n) is 6.25. The molecule has 1 aliphatic rings. The van der Waals surface area contributed by atoms with E-state index in [0.29, 0.717) is 18.0 Å². The van der Waals surface area contributed by atoms with Gasteiger partial charge < -0.3 is 19.3 Å². The van der Waals surface area contributed by atoms with Gasteiger partial charge in [0.2, 0.25) is 5.91 Å². The van der Waals surface area contributed by atoms with Crippen LogP contribution in [0.2, 0.25) is 0 Å². The van der Waals surface area contributed by atoms with E-state index in [1.807, 2.05) is 24.3 Å². The molecular weight excluding hydrogens is 334 g/mol. The number of ether oxygens (including phenoxy) is 2. The van der Waals surface area contributed by atoms with Crippen molar-refractivity contribution < 1.29 is 18.8 Å². The largest absolute Gasteiger partial charge is 0.497 e. The maximum absolute atomic E-state index is 12.1. The van der Waals surface area contributed by atoms with Crippen molar-refractivity contribution in [2.24, 2.45) is 0 Å². The van der Waals surface area contributed by atoms with E-state index in [-0.39, 0.29) is 12.3 Å². The SMILES string of the molecule is COc1cccc(-c2cc(CC(=O)NCCCN3CCOCC3)no2)c1. The summed E-state index contributed by atoms with van der Waals surface area (Å²) in [7, 11) is 1.62. The van der Waals surface area contributed by atoms with Gasteiger partial charge in [-0.25, -0.2) is 0 Å². The average Bonchev–Trinajstić information content (AvgIpc) is 3.14. The number of aromatic nitrogens is 1. The van der Waals surface area contributed by atoms with Crippen LogP contribution >= 0.6 is 0 Å². The number of methoxy groups -OCH3 is 1. The first-order chi connectivity index (χ1) is 12.7. The summed E-state index contributed by atoms with van der Waals surface area (Å²) in [5, 5.41) is 6.93. The summed E-state index contributed by atoms with van der Waals surface area (Å²) in [5.41, 5.74) is 1.49. The predicted molar refractivity (Wildman–Crippen MR) is 97.1 cm³/mol. The summed E-state index contributed by atoms with van der Waals surface area (Å²) in [4.78, 5) is 14.4. The van der Waals surface area contributed by atoms with Crippen molar-refractivity contribution in [3.63, 3.8) is 0 Å². The Bertz CT molecular complexity index is 710. The number of rotatable bonds is 8. The highest BCUT2D eigenvalue weighted by molar-refractivity contribution is 5.78. The fourth-order valence-electron chi connectivity index (χ4n) is 2.89. The second kappa shape index (κ2) is 9.35. The van der Waals surface area contributed by atoms with E-state index >= 15 is 0 Å². The standard InChI is InChI=1S/C19H25N3O4/c1-24-17-5-2-4-15(12-17)18-13-16(21-26-18)14-19(23)20-6-3-7-22-8-10-25-11-9-22/h2,4-5,12-13H,3,6-11,14H2,1H3,(H,20,23). The van der Waals surface area contributed by atoms with Crippen LogP contribution < -0.4 is 10.1 Å². The van der Waals surface area contributed by atoms with Gasteiger partial charge in [-0.15, -0.1) is 0 Å². The Morgan fingerprint density at radius 1 is 1.31 bits per heavy atom. The first-order valence-corrected chi connectivity index (χ1v) is 8.91. The van der Waals surface area contributed by atoms with Crippen molar-refractivity contribution in [3.05, 3.63) is 36.0 Å². The van der Waals surface area contributed by atoms with Crippen molar-refractivity contribution in [2.45, 2.75) is 12.8 Å². The molecule has 2 heterocycles. The zero-order valence-corrected chi connectivity index (χ0v) is 15.1. The molecule has 26 heavy (non-hydrogen) atoms. The van der Waals surface area contributed by atoms with Gasteiger partial charge in [0.05, 0.1) is 32.4 Å². The monoisotopic (exact) mass is 359 g/mol. The number of carbonyl (C=O) groups excluding carboxylic acids is 1. The lowest BCUT2D eigenvalue weighted by molar-refractivity contribution is -0.120. The summed E-state index contributed by atoms with van der Waals surface area (Å²) in [5.74, 6) is 1.33. The third-order valence-corrected chi connectivity index (χ3v) is 4.33. The number of nitrogens with one attached hydrogen (secondary N) is 1. The second-order valence-corrected chi connectivity index (χ2v) is 6.25. The summed E-state index contributed by atoms with van der Waals surface area (Å²) in [6.45, 7) is 5.19. The third-order valence-electron chi connectivity index (χ3n) is 4.33. The molecule has 0 saturated carbocycles. The molecule has 140 valence electrons. The highest BCUT2D eigenvalue weighted by Gasteiger charge is 2.12. The quantitative estimate of drug-likeness (QED) is 0.724. The van der Waals surface area contributed by atoms with E-state index in [1.54, 1.807) is 13.2 Å². The summed E-state index contributed by atoms with van der Waals surface area (Å²) >= 11 is 0. The minimum Gasteiger partial charge on any atom is -0.497 e. The highest BCUT2D eigenvalue weighted by Crippen LogP contribution is 2.24. The lowest BCUT2D eigenvalue weighted by Gasteiger charge is -2.26.